The lowest BCUT2D eigenvalue weighted by Crippen LogP contribution is -2.14. The summed E-state index contributed by atoms with van der Waals surface area (Å²) in [4.78, 5) is 31.6. The quantitative estimate of drug-likeness (QED) is 0.243. The first-order valence-electron chi connectivity index (χ1n) is 9.05. The maximum absolute atomic E-state index is 12.4. The molecule has 1 amide bonds. The summed E-state index contributed by atoms with van der Waals surface area (Å²) < 4.78 is 2.58. The van der Waals surface area contributed by atoms with E-state index in [1.807, 2.05) is 35.9 Å². The smallest absolute Gasteiger partial charge is 0.270 e. The van der Waals surface area contributed by atoms with E-state index < -0.39 is 4.92 Å². The number of thioether (sulfide) groups is 1. The molecule has 0 aliphatic rings. The van der Waals surface area contributed by atoms with Gasteiger partial charge < -0.3 is 9.88 Å². The molecule has 0 saturated carbocycles. The van der Waals surface area contributed by atoms with Crippen LogP contribution in [0.4, 0.5) is 10.8 Å². The van der Waals surface area contributed by atoms with Crippen molar-refractivity contribution in [1.82, 2.24) is 24.7 Å². The molecule has 154 valence electrons. The number of non-ortho nitro benzene ring substituents is 1. The standard InChI is InChI=1S/C19H13N7O3S2/c1-25-13-5-3-2-4-11(13)16-17(25)22-19(24-23-16)30-9-15(27)21-18-20-12-7-6-10(26(28)29)8-14(12)31-18/h2-8H,9H2,1H3,(H,20,21,27). The third kappa shape index (κ3) is 3.55. The van der Waals surface area contributed by atoms with Crippen LogP contribution in [0.5, 0.6) is 0 Å². The molecule has 0 aliphatic carbocycles. The van der Waals surface area contributed by atoms with Gasteiger partial charge in [0.05, 0.1) is 26.4 Å². The van der Waals surface area contributed by atoms with Crippen LogP contribution in [0.1, 0.15) is 0 Å². The molecule has 0 atom stereocenters. The van der Waals surface area contributed by atoms with Crippen molar-refractivity contribution in [2.75, 3.05) is 11.1 Å². The van der Waals surface area contributed by atoms with E-state index in [2.05, 4.69) is 25.5 Å². The lowest BCUT2D eigenvalue weighted by atomic mass is 10.2. The summed E-state index contributed by atoms with van der Waals surface area (Å²) in [5.74, 6) is -0.202. The van der Waals surface area contributed by atoms with Crippen LogP contribution in [0.25, 0.3) is 32.3 Å². The highest BCUT2D eigenvalue weighted by Gasteiger charge is 2.15. The topological polar surface area (TPSA) is 129 Å². The number of nitrogens with zero attached hydrogens (tertiary/aromatic N) is 6. The number of anilines is 1. The Bertz CT molecular complexity index is 1490. The van der Waals surface area contributed by atoms with Crippen LogP contribution in [0.2, 0.25) is 0 Å². The minimum atomic E-state index is -0.464. The molecule has 1 N–H and O–H groups in total. The van der Waals surface area contributed by atoms with E-state index >= 15 is 0 Å². The molecule has 0 spiro atoms. The number of carbonyl (C=O) groups is 1. The van der Waals surface area contributed by atoms with Crippen molar-refractivity contribution in [2.24, 2.45) is 7.05 Å². The van der Waals surface area contributed by atoms with Crippen molar-refractivity contribution in [2.45, 2.75) is 5.16 Å². The van der Waals surface area contributed by atoms with Gasteiger partial charge in [-0.3, -0.25) is 14.9 Å². The Morgan fingerprint density at radius 3 is 2.90 bits per heavy atom. The summed E-state index contributed by atoms with van der Waals surface area (Å²) in [5.41, 5.74) is 3.00. The van der Waals surface area contributed by atoms with Crippen LogP contribution in [0.15, 0.2) is 47.6 Å². The number of aryl methyl sites for hydroxylation is 1. The molecule has 3 heterocycles. The highest BCUT2D eigenvalue weighted by Crippen LogP contribution is 2.29. The number of nitro groups is 1. The van der Waals surface area contributed by atoms with E-state index in [0.29, 0.717) is 26.2 Å². The Labute approximate surface area is 182 Å². The molecule has 0 saturated heterocycles. The summed E-state index contributed by atoms with van der Waals surface area (Å²) in [6, 6.07) is 12.2. The molecule has 2 aromatic carbocycles. The van der Waals surface area contributed by atoms with Crippen molar-refractivity contribution in [3.8, 4) is 0 Å². The van der Waals surface area contributed by atoms with Gasteiger partial charge in [-0.1, -0.05) is 41.3 Å². The van der Waals surface area contributed by atoms with Gasteiger partial charge in [0, 0.05) is 24.6 Å². The predicted octanol–water partition coefficient (Wildman–Crippen LogP) is 3.77. The van der Waals surface area contributed by atoms with E-state index in [1.165, 1.54) is 35.2 Å². The van der Waals surface area contributed by atoms with Gasteiger partial charge in [0.25, 0.3) is 5.69 Å². The zero-order valence-corrected chi connectivity index (χ0v) is 17.6. The van der Waals surface area contributed by atoms with Gasteiger partial charge in [0.1, 0.15) is 5.52 Å². The lowest BCUT2D eigenvalue weighted by molar-refractivity contribution is -0.384. The molecule has 3 aromatic heterocycles. The predicted molar refractivity (Wildman–Crippen MR) is 119 cm³/mol. The molecular formula is C19H13N7O3S2. The second-order valence-corrected chi connectivity index (χ2v) is 8.58. The fourth-order valence-electron chi connectivity index (χ4n) is 3.22. The van der Waals surface area contributed by atoms with Gasteiger partial charge in [-0.05, 0) is 12.1 Å². The average Bonchev–Trinajstić information content (AvgIpc) is 3.30. The SMILES string of the molecule is Cn1c2ccccc2c2nnc(SCC(=O)Nc3nc4ccc([N+](=O)[O-])cc4s3)nc21. The molecule has 0 radical (unpaired) electrons. The average molecular weight is 451 g/mol. The highest BCUT2D eigenvalue weighted by atomic mass is 32.2. The molecule has 0 unspecified atom stereocenters. The number of thiazole rings is 1. The fraction of sp³-hybridized carbons (Fsp3) is 0.105. The van der Waals surface area contributed by atoms with Crippen LogP contribution >= 0.6 is 23.1 Å². The number of nitro benzene ring substituents is 1. The summed E-state index contributed by atoms with van der Waals surface area (Å²) in [6.45, 7) is 0. The van der Waals surface area contributed by atoms with Gasteiger partial charge >= 0.3 is 0 Å². The van der Waals surface area contributed by atoms with Gasteiger partial charge in [-0.15, -0.1) is 10.2 Å². The number of benzene rings is 2. The van der Waals surface area contributed by atoms with Crippen molar-refractivity contribution in [1.29, 1.82) is 0 Å². The van der Waals surface area contributed by atoms with Crippen molar-refractivity contribution in [3.05, 3.63) is 52.6 Å². The third-order valence-electron chi connectivity index (χ3n) is 4.65. The number of fused-ring (bicyclic) bond motifs is 4. The van der Waals surface area contributed by atoms with E-state index in [-0.39, 0.29) is 17.3 Å². The van der Waals surface area contributed by atoms with Crippen LogP contribution in [0.3, 0.4) is 0 Å². The molecule has 0 bridgehead atoms. The number of para-hydroxylation sites is 1. The second-order valence-electron chi connectivity index (χ2n) is 6.61. The summed E-state index contributed by atoms with van der Waals surface area (Å²) in [6.07, 6.45) is 0. The van der Waals surface area contributed by atoms with Crippen molar-refractivity contribution in [3.63, 3.8) is 0 Å². The zero-order valence-electron chi connectivity index (χ0n) is 16.0. The second kappa shape index (κ2) is 7.56. The first-order chi connectivity index (χ1) is 15.0. The maximum Gasteiger partial charge on any atom is 0.270 e. The number of hydrogen-bond acceptors (Lipinski definition) is 9. The van der Waals surface area contributed by atoms with Crippen LogP contribution < -0.4 is 5.32 Å². The number of rotatable bonds is 5. The largest absolute Gasteiger partial charge is 0.327 e. The molecule has 0 fully saturated rings. The van der Waals surface area contributed by atoms with E-state index in [1.54, 1.807) is 6.07 Å². The summed E-state index contributed by atoms with van der Waals surface area (Å²) in [5, 5.41) is 23.8. The van der Waals surface area contributed by atoms with Crippen molar-refractivity contribution < 1.29 is 9.72 Å². The number of amides is 1. The number of aromatic nitrogens is 5. The molecule has 31 heavy (non-hydrogen) atoms. The van der Waals surface area contributed by atoms with Crippen molar-refractivity contribution >= 4 is 72.1 Å². The van der Waals surface area contributed by atoms with Gasteiger partial charge in [-0.2, -0.15) is 0 Å². The number of nitrogens with one attached hydrogen (secondary N) is 1. The van der Waals surface area contributed by atoms with Gasteiger partial charge in [0.2, 0.25) is 11.1 Å². The molecule has 0 aliphatic heterocycles. The molecule has 5 aromatic rings. The molecule has 5 rings (SSSR count). The minimum Gasteiger partial charge on any atom is -0.327 e. The van der Waals surface area contributed by atoms with Gasteiger partial charge in [0.15, 0.2) is 10.8 Å². The first kappa shape index (κ1) is 19.3. The molecular weight excluding hydrogens is 438 g/mol. The fourth-order valence-corrected chi connectivity index (χ4v) is 4.72. The number of hydrogen-bond donors (Lipinski definition) is 1. The maximum atomic E-state index is 12.4. The Hall–Kier alpha value is -3.64. The van der Waals surface area contributed by atoms with E-state index in [0.717, 1.165) is 16.4 Å². The molecule has 10 nitrogen and oxygen atoms in total. The summed E-state index contributed by atoms with van der Waals surface area (Å²) in [7, 11) is 1.91. The van der Waals surface area contributed by atoms with Crippen LogP contribution in [0, 0.1) is 10.1 Å². The molecule has 12 heteroatoms. The van der Waals surface area contributed by atoms with E-state index in [4.69, 9.17) is 0 Å². The van der Waals surface area contributed by atoms with Gasteiger partial charge in [-0.25, -0.2) is 9.97 Å². The first-order valence-corrected chi connectivity index (χ1v) is 10.9. The Kier molecular flexibility index (Phi) is 4.71. The van der Waals surface area contributed by atoms with Crippen LogP contribution in [-0.2, 0) is 11.8 Å². The van der Waals surface area contributed by atoms with E-state index in [9.17, 15) is 14.9 Å². The summed E-state index contributed by atoms with van der Waals surface area (Å²) >= 11 is 2.35. The Balaban J connectivity index is 1.30. The Morgan fingerprint density at radius 1 is 1.23 bits per heavy atom. The highest BCUT2D eigenvalue weighted by molar-refractivity contribution is 7.99. The zero-order chi connectivity index (χ0) is 21.5. The monoisotopic (exact) mass is 451 g/mol. The minimum absolute atomic E-state index is 0.0158. The van der Waals surface area contributed by atoms with Crippen LogP contribution in [-0.4, -0.2) is 41.3 Å². The normalized spacial score (nSPS) is 11.4. The Morgan fingerprint density at radius 2 is 2.06 bits per heavy atom. The number of carbonyl (C=O) groups excluding carboxylic acids is 1. The lowest BCUT2D eigenvalue weighted by Gasteiger charge is -2.01. The third-order valence-corrected chi connectivity index (χ3v) is 6.42.